The summed E-state index contributed by atoms with van der Waals surface area (Å²) < 4.78 is 5.80. The molecule has 2 unspecified atom stereocenters. The average Bonchev–Trinajstić information content (AvgIpc) is 2.83. The summed E-state index contributed by atoms with van der Waals surface area (Å²) in [7, 11) is 2.03. The fraction of sp³-hybridized carbons (Fsp3) is 0.368. The van der Waals surface area contributed by atoms with Crippen molar-refractivity contribution in [1.82, 2.24) is 5.32 Å². The molecule has 21 heavy (non-hydrogen) atoms. The van der Waals surface area contributed by atoms with Gasteiger partial charge in [-0.3, -0.25) is 0 Å². The predicted molar refractivity (Wildman–Crippen MR) is 87.1 cm³/mol. The van der Waals surface area contributed by atoms with Crippen molar-refractivity contribution in [2.45, 2.75) is 39.3 Å². The van der Waals surface area contributed by atoms with Crippen LogP contribution in [0.2, 0.25) is 0 Å². The van der Waals surface area contributed by atoms with Crippen LogP contribution in [0.3, 0.4) is 0 Å². The molecule has 2 aromatic carbocycles. The molecule has 2 aromatic rings. The van der Waals surface area contributed by atoms with Crippen LogP contribution in [-0.4, -0.2) is 13.2 Å². The topological polar surface area (TPSA) is 21.3 Å². The fourth-order valence-corrected chi connectivity index (χ4v) is 3.19. The number of rotatable bonds is 3. The van der Waals surface area contributed by atoms with E-state index in [1.165, 1.54) is 27.8 Å². The summed E-state index contributed by atoms with van der Waals surface area (Å²) in [6.45, 7) is 6.45. The Morgan fingerprint density at radius 3 is 2.71 bits per heavy atom. The number of fused-ring (bicyclic) bond motifs is 1. The number of hydrogen-bond acceptors (Lipinski definition) is 2. The second-order valence-electron chi connectivity index (χ2n) is 6.08. The van der Waals surface area contributed by atoms with Gasteiger partial charge < -0.3 is 10.1 Å². The van der Waals surface area contributed by atoms with Crippen LogP contribution in [0.5, 0.6) is 5.75 Å². The lowest BCUT2D eigenvalue weighted by Gasteiger charge is -2.20. The van der Waals surface area contributed by atoms with Crippen LogP contribution >= 0.6 is 0 Å². The molecule has 1 heterocycles. The van der Waals surface area contributed by atoms with Crippen molar-refractivity contribution in [3.63, 3.8) is 0 Å². The summed E-state index contributed by atoms with van der Waals surface area (Å²) in [6.07, 6.45) is 1.30. The lowest BCUT2D eigenvalue weighted by molar-refractivity contribution is 0.254. The Morgan fingerprint density at radius 2 is 1.95 bits per heavy atom. The smallest absolute Gasteiger partial charge is 0.123 e. The van der Waals surface area contributed by atoms with Gasteiger partial charge in [0.2, 0.25) is 0 Å². The fourth-order valence-electron chi connectivity index (χ4n) is 3.19. The highest BCUT2D eigenvalue weighted by molar-refractivity contribution is 5.45. The second-order valence-corrected chi connectivity index (χ2v) is 6.08. The van der Waals surface area contributed by atoms with Crippen molar-refractivity contribution in [3.05, 3.63) is 64.2 Å². The molecule has 0 saturated carbocycles. The van der Waals surface area contributed by atoms with Gasteiger partial charge in [0.25, 0.3) is 0 Å². The summed E-state index contributed by atoms with van der Waals surface area (Å²) in [5.41, 5.74) is 6.61. The summed E-state index contributed by atoms with van der Waals surface area (Å²) in [4.78, 5) is 0. The molecule has 0 aromatic heterocycles. The Bertz CT molecular complexity index is 663. The zero-order chi connectivity index (χ0) is 15.0. The monoisotopic (exact) mass is 281 g/mol. The molecule has 3 rings (SSSR count). The first-order valence-corrected chi connectivity index (χ1v) is 7.62. The maximum absolute atomic E-state index is 5.80. The standard InChI is InChI=1S/C19H23NO/c1-12-5-6-13(2)17(9-12)19(20-4)15-7-8-18-16(11-15)10-14(3)21-18/h5-9,11,14,19-20H,10H2,1-4H3. The van der Waals surface area contributed by atoms with E-state index in [1.54, 1.807) is 0 Å². The summed E-state index contributed by atoms with van der Waals surface area (Å²) in [5, 5.41) is 3.46. The van der Waals surface area contributed by atoms with Crippen molar-refractivity contribution >= 4 is 0 Å². The Labute approximate surface area is 127 Å². The van der Waals surface area contributed by atoms with E-state index in [0.29, 0.717) is 6.10 Å². The van der Waals surface area contributed by atoms with E-state index in [9.17, 15) is 0 Å². The van der Waals surface area contributed by atoms with E-state index < -0.39 is 0 Å². The Hall–Kier alpha value is -1.80. The number of ether oxygens (including phenoxy) is 1. The first-order valence-electron chi connectivity index (χ1n) is 7.62. The Kier molecular flexibility index (Phi) is 3.73. The third-order valence-electron chi connectivity index (χ3n) is 4.29. The Morgan fingerprint density at radius 1 is 1.14 bits per heavy atom. The van der Waals surface area contributed by atoms with Crippen LogP contribution in [0.25, 0.3) is 0 Å². The summed E-state index contributed by atoms with van der Waals surface area (Å²) >= 11 is 0. The predicted octanol–water partition coefficient (Wildman–Crippen LogP) is 3.94. The minimum atomic E-state index is 0.228. The largest absolute Gasteiger partial charge is 0.490 e. The van der Waals surface area contributed by atoms with Gasteiger partial charge in [0, 0.05) is 6.42 Å². The van der Waals surface area contributed by atoms with Crippen LogP contribution in [0.15, 0.2) is 36.4 Å². The Balaban J connectivity index is 2.01. The van der Waals surface area contributed by atoms with Crippen molar-refractivity contribution in [2.75, 3.05) is 7.05 Å². The molecular formula is C19H23NO. The lowest BCUT2D eigenvalue weighted by atomic mass is 9.92. The van der Waals surface area contributed by atoms with Crippen LogP contribution in [0.4, 0.5) is 0 Å². The average molecular weight is 281 g/mol. The molecule has 0 saturated heterocycles. The molecule has 1 aliphatic heterocycles. The van der Waals surface area contributed by atoms with Gasteiger partial charge in [-0.25, -0.2) is 0 Å². The van der Waals surface area contributed by atoms with E-state index in [2.05, 4.69) is 62.5 Å². The molecule has 0 spiro atoms. The SMILES string of the molecule is CNC(c1ccc2c(c1)CC(C)O2)c1cc(C)ccc1C. The van der Waals surface area contributed by atoms with E-state index in [1.807, 2.05) is 7.05 Å². The number of aryl methyl sites for hydroxylation is 2. The van der Waals surface area contributed by atoms with Crippen molar-refractivity contribution in [1.29, 1.82) is 0 Å². The third-order valence-corrected chi connectivity index (χ3v) is 4.29. The first kappa shape index (κ1) is 14.2. The number of nitrogens with one attached hydrogen (secondary N) is 1. The summed E-state index contributed by atoms with van der Waals surface area (Å²) in [6, 6.07) is 13.5. The molecule has 2 heteroatoms. The van der Waals surface area contributed by atoms with Gasteiger partial charge in [-0.15, -0.1) is 0 Å². The molecular weight excluding hydrogens is 258 g/mol. The number of benzene rings is 2. The van der Waals surface area contributed by atoms with Crippen LogP contribution in [0, 0.1) is 13.8 Å². The second kappa shape index (κ2) is 5.53. The van der Waals surface area contributed by atoms with E-state index in [-0.39, 0.29) is 6.04 Å². The van der Waals surface area contributed by atoms with Gasteiger partial charge in [-0.05, 0) is 56.1 Å². The van der Waals surface area contributed by atoms with E-state index >= 15 is 0 Å². The molecule has 0 amide bonds. The maximum atomic E-state index is 5.80. The van der Waals surface area contributed by atoms with E-state index in [4.69, 9.17) is 4.74 Å². The van der Waals surface area contributed by atoms with Gasteiger partial charge in [-0.2, -0.15) is 0 Å². The van der Waals surface area contributed by atoms with Crippen molar-refractivity contribution in [2.24, 2.45) is 0 Å². The van der Waals surface area contributed by atoms with Gasteiger partial charge in [0.05, 0.1) is 6.04 Å². The molecule has 2 atom stereocenters. The maximum Gasteiger partial charge on any atom is 0.123 e. The minimum absolute atomic E-state index is 0.228. The molecule has 0 radical (unpaired) electrons. The van der Waals surface area contributed by atoms with Crippen LogP contribution in [0.1, 0.15) is 40.8 Å². The highest BCUT2D eigenvalue weighted by atomic mass is 16.5. The van der Waals surface area contributed by atoms with Crippen molar-refractivity contribution in [3.8, 4) is 5.75 Å². The van der Waals surface area contributed by atoms with Gasteiger partial charge in [0.15, 0.2) is 0 Å². The molecule has 2 nitrogen and oxygen atoms in total. The molecule has 0 fully saturated rings. The molecule has 0 bridgehead atoms. The molecule has 1 aliphatic rings. The molecule has 1 N–H and O–H groups in total. The highest BCUT2D eigenvalue weighted by Gasteiger charge is 2.22. The van der Waals surface area contributed by atoms with Gasteiger partial charge in [0.1, 0.15) is 11.9 Å². The van der Waals surface area contributed by atoms with Crippen LogP contribution in [-0.2, 0) is 6.42 Å². The number of hydrogen-bond donors (Lipinski definition) is 1. The lowest BCUT2D eigenvalue weighted by Crippen LogP contribution is -2.19. The van der Waals surface area contributed by atoms with Crippen molar-refractivity contribution < 1.29 is 4.74 Å². The van der Waals surface area contributed by atoms with E-state index in [0.717, 1.165) is 12.2 Å². The molecule has 110 valence electrons. The zero-order valence-corrected chi connectivity index (χ0v) is 13.2. The minimum Gasteiger partial charge on any atom is -0.490 e. The summed E-state index contributed by atoms with van der Waals surface area (Å²) in [5.74, 6) is 1.04. The highest BCUT2D eigenvalue weighted by Crippen LogP contribution is 2.33. The quantitative estimate of drug-likeness (QED) is 0.920. The molecule has 0 aliphatic carbocycles. The first-order chi connectivity index (χ1) is 10.1. The normalized spacial score (nSPS) is 18.2. The third kappa shape index (κ3) is 2.68. The van der Waals surface area contributed by atoms with Crippen LogP contribution < -0.4 is 10.1 Å². The zero-order valence-electron chi connectivity index (χ0n) is 13.2. The van der Waals surface area contributed by atoms with Gasteiger partial charge >= 0.3 is 0 Å². The van der Waals surface area contributed by atoms with Gasteiger partial charge in [-0.1, -0.05) is 35.9 Å².